The summed E-state index contributed by atoms with van der Waals surface area (Å²) in [5.41, 5.74) is 1.47. The summed E-state index contributed by atoms with van der Waals surface area (Å²) in [4.78, 5) is 40.6. The van der Waals surface area contributed by atoms with Gasteiger partial charge in [0.05, 0.1) is 12.2 Å². The molecule has 3 rings (SSSR count). The summed E-state index contributed by atoms with van der Waals surface area (Å²) in [7, 11) is 0. The Bertz CT molecular complexity index is 858. The van der Waals surface area contributed by atoms with Crippen molar-refractivity contribution in [2.24, 2.45) is 0 Å². The van der Waals surface area contributed by atoms with Gasteiger partial charge >= 0.3 is 5.97 Å². The maximum Gasteiger partial charge on any atom is 0.338 e. The van der Waals surface area contributed by atoms with E-state index >= 15 is 0 Å². The van der Waals surface area contributed by atoms with Crippen LogP contribution in [0.25, 0.3) is 0 Å². The number of amides is 2. The highest BCUT2D eigenvalue weighted by molar-refractivity contribution is 6.05. The van der Waals surface area contributed by atoms with E-state index < -0.39 is 11.9 Å². The molecule has 0 bridgehead atoms. The van der Waals surface area contributed by atoms with Crippen LogP contribution in [0, 0.1) is 0 Å². The van der Waals surface area contributed by atoms with Crippen LogP contribution in [-0.2, 0) is 4.74 Å². The van der Waals surface area contributed by atoms with E-state index in [2.05, 4.69) is 15.6 Å². The molecule has 146 valence electrons. The molecule has 1 heterocycles. The van der Waals surface area contributed by atoms with Crippen molar-refractivity contribution < 1.29 is 19.1 Å². The second-order valence-electron chi connectivity index (χ2n) is 6.64. The smallest absolute Gasteiger partial charge is 0.338 e. The van der Waals surface area contributed by atoms with Gasteiger partial charge in [-0.15, -0.1) is 0 Å². The van der Waals surface area contributed by atoms with Gasteiger partial charge in [0.1, 0.15) is 5.69 Å². The third-order valence-electron chi connectivity index (χ3n) is 4.60. The summed E-state index contributed by atoms with van der Waals surface area (Å²) in [6.45, 7) is 2.04. The van der Waals surface area contributed by atoms with E-state index in [1.807, 2.05) is 0 Å². The fourth-order valence-corrected chi connectivity index (χ4v) is 3.13. The number of anilines is 1. The Morgan fingerprint density at radius 1 is 1.04 bits per heavy atom. The molecule has 2 N–H and O–H groups in total. The summed E-state index contributed by atoms with van der Waals surface area (Å²) in [6.07, 6.45) is 5.69. The molecule has 2 amide bonds. The van der Waals surface area contributed by atoms with Crippen LogP contribution in [0.3, 0.4) is 0 Å². The molecule has 28 heavy (non-hydrogen) atoms. The lowest BCUT2D eigenvalue weighted by atomic mass is 10.1. The molecule has 1 fully saturated rings. The number of carbonyl (C=O) groups excluding carboxylic acids is 3. The first-order valence-corrected chi connectivity index (χ1v) is 9.42. The molecular formula is C21H23N3O4. The summed E-state index contributed by atoms with van der Waals surface area (Å²) in [6, 6.07) is 9.65. The van der Waals surface area contributed by atoms with E-state index in [0.717, 1.165) is 25.7 Å². The Morgan fingerprint density at radius 3 is 2.43 bits per heavy atom. The third-order valence-corrected chi connectivity index (χ3v) is 4.60. The summed E-state index contributed by atoms with van der Waals surface area (Å²) >= 11 is 0. The van der Waals surface area contributed by atoms with Crippen molar-refractivity contribution in [2.45, 2.75) is 38.6 Å². The number of hydrogen-bond donors (Lipinski definition) is 2. The maximum atomic E-state index is 12.5. The largest absolute Gasteiger partial charge is 0.462 e. The first-order chi connectivity index (χ1) is 13.6. The lowest BCUT2D eigenvalue weighted by Crippen LogP contribution is -2.32. The minimum atomic E-state index is -0.431. The van der Waals surface area contributed by atoms with Crippen molar-refractivity contribution in [2.75, 3.05) is 11.9 Å². The van der Waals surface area contributed by atoms with Gasteiger partial charge in [0.15, 0.2) is 0 Å². The second-order valence-corrected chi connectivity index (χ2v) is 6.64. The topological polar surface area (TPSA) is 97.4 Å². The van der Waals surface area contributed by atoms with Crippen LogP contribution in [0.1, 0.15) is 63.8 Å². The molecule has 0 aliphatic heterocycles. The van der Waals surface area contributed by atoms with Gasteiger partial charge in [0, 0.05) is 23.5 Å². The summed E-state index contributed by atoms with van der Waals surface area (Å²) in [5, 5.41) is 5.71. The van der Waals surface area contributed by atoms with E-state index in [1.54, 1.807) is 37.3 Å². The van der Waals surface area contributed by atoms with Crippen molar-refractivity contribution in [3.63, 3.8) is 0 Å². The van der Waals surface area contributed by atoms with E-state index in [9.17, 15) is 14.4 Å². The quantitative estimate of drug-likeness (QED) is 0.749. The maximum absolute atomic E-state index is 12.5. The highest BCUT2D eigenvalue weighted by atomic mass is 16.5. The van der Waals surface area contributed by atoms with Crippen LogP contribution < -0.4 is 10.6 Å². The lowest BCUT2D eigenvalue weighted by Gasteiger charge is -2.12. The molecule has 0 saturated heterocycles. The Labute approximate surface area is 163 Å². The van der Waals surface area contributed by atoms with Crippen molar-refractivity contribution in [3.05, 3.63) is 59.4 Å². The molecule has 0 unspecified atom stereocenters. The number of aromatic nitrogens is 1. The fourth-order valence-electron chi connectivity index (χ4n) is 3.13. The van der Waals surface area contributed by atoms with Crippen molar-refractivity contribution in [1.29, 1.82) is 0 Å². The third kappa shape index (κ3) is 4.94. The standard InChI is InChI=1S/C21H23N3O4/c1-2-28-21(27)14-7-9-17(10-8-14)24-20(26)18-13-15(11-12-22-18)19(25)23-16-5-3-4-6-16/h7-13,16H,2-6H2,1H3,(H,23,25)(H,24,26). The predicted molar refractivity (Wildman–Crippen MR) is 104 cm³/mol. The number of carbonyl (C=O) groups is 3. The highest BCUT2D eigenvalue weighted by Gasteiger charge is 2.19. The minimum Gasteiger partial charge on any atom is -0.462 e. The van der Waals surface area contributed by atoms with E-state index in [-0.39, 0.29) is 17.6 Å². The molecule has 2 aromatic rings. The number of nitrogens with zero attached hydrogens (tertiary/aromatic N) is 1. The first kappa shape index (κ1) is 19.5. The molecule has 1 aliphatic rings. The Hall–Kier alpha value is -3.22. The summed E-state index contributed by atoms with van der Waals surface area (Å²) in [5.74, 6) is -1.04. The van der Waals surface area contributed by atoms with Gasteiger partial charge in [-0.05, 0) is 56.2 Å². The average Bonchev–Trinajstić information content (AvgIpc) is 3.22. The summed E-state index contributed by atoms with van der Waals surface area (Å²) < 4.78 is 4.93. The van der Waals surface area contributed by atoms with Crippen LogP contribution >= 0.6 is 0 Å². The Morgan fingerprint density at radius 2 is 1.75 bits per heavy atom. The van der Waals surface area contributed by atoms with Crippen LogP contribution in [0.4, 0.5) is 5.69 Å². The van der Waals surface area contributed by atoms with Crippen molar-refractivity contribution >= 4 is 23.5 Å². The van der Waals surface area contributed by atoms with Gasteiger partial charge in [-0.1, -0.05) is 12.8 Å². The molecule has 0 spiro atoms. The average molecular weight is 381 g/mol. The SMILES string of the molecule is CCOC(=O)c1ccc(NC(=O)c2cc(C(=O)NC3CCCC3)ccn2)cc1. The van der Waals surface area contributed by atoms with Gasteiger partial charge in [0.25, 0.3) is 11.8 Å². The van der Waals surface area contributed by atoms with Gasteiger partial charge in [0.2, 0.25) is 0 Å². The molecule has 1 aromatic heterocycles. The Balaban J connectivity index is 1.64. The Kier molecular flexibility index (Phi) is 6.37. The predicted octanol–water partition coefficient (Wildman–Crippen LogP) is 3.18. The number of esters is 1. The zero-order valence-corrected chi connectivity index (χ0v) is 15.7. The number of benzene rings is 1. The fraction of sp³-hybridized carbons (Fsp3) is 0.333. The molecule has 1 aromatic carbocycles. The molecule has 7 nitrogen and oxygen atoms in total. The van der Waals surface area contributed by atoms with Crippen molar-refractivity contribution in [3.8, 4) is 0 Å². The number of hydrogen-bond acceptors (Lipinski definition) is 5. The highest BCUT2D eigenvalue weighted by Crippen LogP contribution is 2.18. The van der Waals surface area contributed by atoms with E-state index in [4.69, 9.17) is 4.74 Å². The van der Waals surface area contributed by atoms with Crippen molar-refractivity contribution in [1.82, 2.24) is 10.3 Å². The van der Waals surface area contributed by atoms with E-state index in [0.29, 0.717) is 23.4 Å². The van der Waals surface area contributed by atoms with E-state index in [1.165, 1.54) is 12.3 Å². The molecule has 7 heteroatoms. The van der Waals surface area contributed by atoms with Gasteiger partial charge in [-0.3, -0.25) is 14.6 Å². The number of pyridine rings is 1. The zero-order chi connectivity index (χ0) is 19.9. The lowest BCUT2D eigenvalue weighted by molar-refractivity contribution is 0.0526. The normalized spacial score (nSPS) is 13.8. The van der Waals surface area contributed by atoms with Gasteiger partial charge in [-0.2, -0.15) is 0 Å². The molecule has 1 aliphatic carbocycles. The zero-order valence-electron chi connectivity index (χ0n) is 15.7. The van der Waals surface area contributed by atoms with Crippen LogP contribution in [0.2, 0.25) is 0 Å². The monoisotopic (exact) mass is 381 g/mol. The molecular weight excluding hydrogens is 358 g/mol. The number of nitrogens with one attached hydrogen (secondary N) is 2. The molecule has 1 saturated carbocycles. The molecule has 0 atom stereocenters. The molecule has 0 radical (unpaired) electrons. The van der Waals surface area contributed by atoms with Crippen LogP contribution in [0.15, 0.2) is 42.6 Å². The number of rotatable bonds is 6. The van der Waals surface area contributed by atoms with Crippen LogP contribution in [-0.4, -0.2) is 35.4 Å². The van der Waals surface area contributed by atoms with Crippen LogP contribution in [0.5, 0.6) is 0 Å². The first-order valence-electron chi connectivity index (χ1n) is 9.42. The second kappa shape index (κ2) is 9.12. The van der Waals surface area contributed by atoms with Gasteiger partial charge < -0.3 is 15.4 Å². The van der Waals surface area contributed by atoms with Gasteiger partial charge in [-0.25, -0.2) is 4.79 Å². The minimum absolute atomic E-state index is 0.147. The number of ether oxygens (including phenoxy) is 1.